The Morgan fingerprint density at radius 3 is 2.71 bits per heavy atom. The minimum Gasteiger partial charge on any atom is -0.477 e. The number of pyridine rings is 1. The van der Waals surface area contributed by atoms with Crippen molar-refractivity contribution in [3.05, 3.63) is 23.4 Å². The van der Waals surface area contributed by atoms with E-state index in [1.54, 1.807) is 0 Å². The first-order valence-electron chi connectivity index (χ1n) is 6.45. The maximum Gasteiger partial charge on any atom is 0.213 e. The zero-order valence-electron chi connectivity index (χ0n) is 10.4. The Balaban J connectivity index is 1.87. The molecule has 2 nitrogen and oxygen atoms in total. The SMILES string of the molecule is Cc1nc(OCC2CCCCC2)ccc1CCl. The molecule has 0 aromatic carbocycles. The number of halogens is 1. The molecule has 1 aromatic rings. The van der Waals surface area contributed by atoms with E-state index in [1.807, 2.05) is 19.1 Å². The third kappa shape index (κ3) is 3.60. The second-order valence-corrected chi connectivity index (χ2v) is 5.11. The molecule has 0 bridgehead atoms. The van der Waals surface area contributed by atoms with Gasteiger partial charge in [0.05, 0.1) is 6.61 Å². The van der Waals surface area contributed by atoms with E-state index in [2.05, 4.69) is 4.98 Å². The normalized spacial score (nSPS) is 17.1. The van der Waals surface area contributed by atoms with E-state index < -0.39 is 0 Å². The number of nitrogens with zero attached hydrogens (tertiary/aromatic N) is 1. The first-order chi connectivity index (χ1) is 8.29. The van der Waals surface area contributed by atoms with E-state index in [-0.39, 0.29) is 0 Å². The highest BCUT2D eigenvalue weighted by molar-refractivity contribution is 6.17. The summed E-state index contributed by atoms with van der Waals surface area (Å²) in [6, 6.07) is 3.93. The molecule has 1 aromatic heterocycles. The molecule has 1 fully saturated rings. The number of hydrogen-bond donors (Lipinski definition) is 0. The Bertz CT molecular complexity index is 361. The van der Waals surface area contributed by atoms with Crippen molar-refractivity contribution in [3.63, 3.8) is 0 Å². The molecular formula is C14H20ClNO. The largest absolute Gasteiger partial charge is 0.477 e. The first kappa shape index (κ1) is 12.7. The lowest BCUT2D eigenvalue weighted by Gasteiger charge is -2.21. The lowest BCUT2D eigenvalue weighted by Crippen LogP contribution is -2.15. The van der Waals surface area contributed by atoms with Gasteiger partial charge in [0.25, 0.3) is 0 Å². The Hall–Kier alpha value is -0.760. The summed E-state index contributed by atoms with van der Waals surface area (Å²) in [4.78, 5) is 4.42. The van der Waals surface area contributed by atoms with Crippen LogP contribution in [0.4, 0.5) is 0 Å². The van der Waals surface area contributed by atoms with Gasteiger partial charge in [0.15, 0.2) is 0 Å². The maximum absolute atomic E-state index is 5.80. The van der Waals surface area contributed by atoms with Crippen LogP contribution in [0.3, 0.4) is 0 Å². The van der Waals surface area contributed by atoms with Crippen LogP contribution in [0.15, 0.2) is 12.1 Å². The second kappa shape index (κ2) is 6.25. The number of aryl methyl sites for hydroxylation is 1. The smallest absolute Gasteiger partial charge is 0.213 e. The molecule has 1 heterocycles. The lowest BCUT2D eigenvalue weighted by molar-refractivity contribution is 0.202. The van der Waals surface area contributed by atoms with Crippen LogP contribution >= 0.6 is 11.6 Å². The van der Waals surface area contributed by atoms with E-state index in [0.717, 1.165) is 29.7 Å². The zero-order chi connectivity index (χ0) is 12.1. The van der Waals surface area contributed by atoms with Crippen molar-refractivity contribution >= 4 is 11.6 Å². The van der Waals surface area contributed by atoms with E-state index in [1.165, 1.54) is 32.1 Å². The van der Waals surface area contributed by atoms with Crippen molar-refractivity contribution in [1.29, 1.82) is 0 Å². The van der Waals surface area contributed by atoms with Gasteiger partial charge in [-0.25, -0.2) is 4.98 Å². The molecule has 0 N–H and O–H groups in total. The molecule has 0 spiro atoms. The molecule has 2 rings (SSSR count). The Morgan fingerprint density at radius 2 is 2.06 bits per heavy atom. The summed E-state index contributed by atoms with van der Waals surface area (Å²) in [6.45, 7) is 2.79. The highest BCUT2D eigenvalue weighted by Gasteiger charge is 2.14. The molecule has 0 saturated heterocycles. The number of hydrogen-bond acceptors (Lipinski definition) is 2. The molecule has 0 unspecified atom stereocenters. The van der Waals surface area contributed by atoms with Crippen LogP contribution in [-0.4, -0.2) is 11.6 Å². The van der Waals surface area contributed by atoms with E-state index in [0.29, 0.717) is 5.88 Å². The molecular weight excluding hydrogens is 234 g/mol. The number of aromatic nitrogens is 1. The standard InChI is InChI=1S/C14H20ClNO/c1-11-13(9-15)7-8-14(16-11)17-10-12-5-3-2-4-6-12/h7-8,12H,2-6,9-10H2,1H3. The molecule has 94 valence electrons. The second-order valence-electron chi connectivity index (χ2n) is 4.84. The minimum atomic E-state index is 0.516. The number of rotatable bonds is 4. The molecule has 0 atom stereocenters. The van der Waals surface area contributed by atoms with Crippen LogP contribution in [0, 0.1) is 12.8 Å². The van der Waals surface area contributed by atoms with Gasteiger partial charge in [0, 0.05) is 17.6 Å². The summed E-state index contributed by atoms with van der Waals surface area (Å²) in [7, 11) is 0. The quantitative estimate of drug-likeness (QED) is 0.754. The number of ether oxygens (including phenoxy) is 1. The molecule has 0 aliphatic heterocycles. The predicted octanol–water partition coefficient (Wildman–Crippen LogP) is 4.09. The summed E-state index contributed by atoms with van der Waals surface area (Å²) in [5.41, 5.74) is 2.05. The fourth-order valence-electron chi connectivity index (χ4n) is 2.35. The monoisotopic (exact) mass is 253 g/mol. The van der Waals surface area contributed by atoms with Gasteiger partial charge >= 0.3 is 0 Å². The first-order valence-corrected chi connectivity index (χ1v) is 6.98. The highest BCUT2D eigenvalue weighted by Crippen LogP contribution is 2.24. The third-order valence-corrected chi connectivity index (χ3v) is 3.79. The van der Waals surface area contributed by atoms with Crippen molar-refractivity contribution < 1.29 is 4.74 Å². The topological polar surface area (TPSA) is 22.1 Å². The van der Waals surface area contributed by atoms with Crippen molar-refractivity contribution in [2.45, 2.75) is 44.9 Å². The summed E-state index contributed by atoms with van der Waals surface area (Å²) in [6.07, 6.45) is 6.70. The van der Waals surface area contributed by atoms with Gasteiger partial charge in [0.2, 0.25) is 5.88 Å². The Morgan fingerprint density at radius 1 is 1.29 bits per heavy atom. The van der Waals surface area contributed by atoms with Crippen LogP contribution in [-0.2, 0) is 5.88 Å². The van der Waals surface area contributed by atoms with Crippen LogP contribution in [0.2, 0.25) is 0 Å². The summed E-state index contributed by atoms with van der Waals surface area (Å²) in [5, 5.41) is 0. The molecule has 3 heteroatoms. The van der Waals surface area contributed by atoms with Gasteiger partial charge in [-0.3, -0.25) is 0 Å². The molecule has 1 aliphatic carbocycles. The molecule has 0 radical (unpaired) electrons. The molecule has 1 aliphatic rings. The maximum atomic E-state index is 5.80. The Kier molecular flexibility index (Phi) is 4.66. The number of alkyl halides is 1. The van der Waals surface area contributed by atoms with Crippen molar-refractivity contribution in [2.75, 3.05) is 6.61 Å². The third-order valence-electron chi connectivity index (χ3n) is 3.51. The average Bonchev–Trinajstić information content (AvgIpc) is 2.38. The van der Waals surface area contributed by atoms with Gasteiger partial charge < -0.3 is 4.74 Å². The summed E-state index contributed by atoms with van der Waals surface area (Å²) in [5.74, 6) is 1.97. The van der Waals surface area contributed by atoms with Crippen molar-refractivity contribution in [1.82, 2.24) is 4.98 Å². The van der Waals surface area contributed by atoms with Gasteiger partial charge in [-0.1, -0.05) is 25.3 Å². The van der Waals surface area contributed by atoms with E-state index in [9.17, 15) is 0 Å². The predicted molar refractivity (Wildman–Crippen MR) is 70.6 cm³/mol. The fourth-order valence-corrected chi connectivity index (χ4v) is 2.63. The van der Waals surface area contributed by atoms with E-state index in [4.69, 9.17) is 16.3 Å². The van der Waals surface area contributed by atoms with Crippen molar-refractivity contribution in [3.8, 4) is 5.88 Å². The van der Waals surface area contributed by atoms with Crippen LogP contribution < -0.4 is 4.74 Å². The molecule has 17 heavy (non-hydrogen) atoms. The van der Waals surface area contributed by atoms with Crippen molar-refractivity contribution in [2.24, 2.45) is 5.92 Å². The van der Waals surface area contributed by atoms with Gasteiger partial charge in [-0.2, -0.15) is 0 Å². The highest BCUT2D eigenvalue weighted by atomic mass is 35.5. The fraction of sp³-hybridized carbons (Fsp3) is 0.643. The summed E-state index contributed by atoms with van der Waals surface area (Å²) >= 11 is 5.80. The summed E-state index contributed by atoms with van der Waals surface area (Å²) < 4.78 is 5.77. The van der Waals surface area contributed by atoms with Crippen LogP contribution in [0.5, 0.6) is 5.88 Å². The van der Waals surface area contributed by atoms with Crippen LogP contribution in [0.1, 0.15) is 43.4 Å². The zero-order valence-corrected chi connectivity index (χ0v) is 11.2. The van der Waals surface area contributed by atoms with Gasteiger partial charge in [-0.15, -0.1) is 11.6 Å². The van der Waals surface area contributed by atoms with E-state index >= 15 is 0 Å². The van der Waals surface area contributed by atoms with Gasteiger partial charge in [-0.05, 0) is 31.2 Å². The lowest BCUT2D eigenvalue weighted by atomic mass is 9.90. The minimum absolute atomic E-state index is 0.516. The molecule has 1 saturated carbocycles. The Labute approximate surface area is 108 Å². The average molecular weight is 254 g/mol. The van der Waals surface area contributed by atoms with Gasteiger partial charge in [0.1, 0.15) is 0 Å². The molecule has 0 amide bonds. The van der Waals surface area contributed by atoms with Crippen LogP contribution in [0.25, 0.3) is 0 Å².